The third-order valence-electron chi connectivity index (χ3n) is 3.54. The molecule has 5 heteroatoms. The summed E-state index contributed by atoms with van der Waals surface area (Å²) in [5, 5.41) is 12.5. The molecule has 1 aromatic heterocycles. The van der Waals surface area contributed by atoms with Crippen LogP contribution in [-0.4, -0.2) is 47.8 Å². The number of pyridine rings is 1. The largest absolute Gasteiger partial charge is 0.395 e. The van der Waals surface area contributed by atoms with Crippen LogP contribution in [0.4, 0.5) is 4.39 Å². The Morgan fingerprint density at radius 2 is 2.10 bits per heavy atom. The molecule has 0 aromatic carbocycles. The van der Waals surface area contributed by atoms with Crippen LogP contribution in [0, 0.1) is 5.82 Å². The molecule has 0 amide bonds. The maximum atomic E-state index is 13.0. The molecule has 0 bridgehead atoms. The Balaban J connectivity index is 2.57. The van der Waals surface area contributed by atoms with Crippen LogP contribution in [0.15, 0.2) is 18.3 Å². The van der Waals surface area contributed by atoms with Crippen molar-refractivity contribution in [3.8, 4) is 0 Å². The molecular weight excluding hydrogens is 269 g/mol. The molecular formula is C16H28FN3O. The van der Waals surface area contributed by atoms with Gasteiger partial charge in [0, 0.05) is 13.1 Å². The van der Waals surface area contributed by atoms with Gasteiger partial charge in [0.05, 0.1) is 24.5 Å². The molecule has 1 aromatic rings. The number of halogens is 1. The SMILES string of the molecule is CCCCN(CCO)CCC(NCC)c1ccc(F)cn1. The molecule has 1 atom stereocenters. The van der Waals surface area contributed by atoms with Crippen LogP contribution in [-0.2, 0) is 0 Å². The van der Waals surface area contributed by atoms with E-state index in [1.54, 1.807) is 6.07 Å². The number of hydrogen-bond acceptors (Lipinski definition) is 4. The van der Waals surface area contributed by atoms with E-state index < -0.39 is 0 Å². The second-order valence-corrected chi connectivity index (χ2v) is 5.22. The van der Waals surface area contributed by atoms with E-state index in [2.05, 4.69) is 29.0 Å². The van der Waals surface area contributed by atoms with Gasteiger partial charge < -0.3 is 15.3 Å². The quantitative estimate of drug-likeness (QED) is 0.658. The Morgan fingerprint density at radius 3 is 2.67 bits per heavy atom. The van der Waals surface area contributed by atoms with E-state index in [9.17, 15) is 4.39 Å². The zero-order valence-corrected chi connectivity index (χ0v) is 13.2. The maximum absolute atomic E-state index is 13.0. The molecule has 4 nitrogen and oxygen atoms in total. The van der Waals surface area contributed by atoms with Crippen LogP contribution in [0.1, 0.15) is 44.8 Å². The van der Waals surface area contributed by atoms with Crippen molar-refractivity contribution in [1.29, 1.82) is 0 Å². The summed E-state index contributed by atoms with van der Waals surface area (Å²) in [4.78, 5) is 6.45. The molecule has 0 fully saturated rings. The molecule has 0 saturated heterocycles. The number of aliphatic hydroxyl groups is 1. The summed E-state index contributed by atoms with van der Waals surface area (Å²) in [5.74, 6) is -0.307. The van der Waals surface area contributed by atoms with Gasteiger partial charge in [-0.2, -0.15) is 0 Å². The smallest absolute Gasteiger partial charge is 0.141 e. The summed E-state index contributed by atoms with van der Waals surface area (Å²) in [6.07, 6.45) is 4.46. The monoisotopic (exact) mass is 297 g/mol. The van der Waals surface area contributed by atoms with Crippen LogP contribution in [0.2, 0.25) is 0 Å². The van der Waals surface area contributed by atoms with Gasteiger partial charge in [-0.05, 0) is 38.1 Å². The van der Waals surface area contributed by atoms with Gasteiger partial charge in [-0.15, -0.1) is 0 Å². The first-order chi connectivity index (χ1) is 10.2. The van der Waals surface area contributed by atoms with E-state index in [1.807, 2.05) is 0 Å². The van der Waals surface area contributed by atoms with Crippen molar-refractivity contribution in [3.63, 3.8) is 0 Å². The van der Waals surface area contributed by atoms with Crippen LogP contribution in [0.3, 0.4) is 0 Å². The molecule has 0 spiro atoms. The van der Waals surface area contributed by atoms with Crippen molar-refractivity contribution in [2.45, 2.75) is 39.2 Å². The summed E-state index contributed by atoms with van der Waals surface area (Å²) < 4.78 is 13.0. The minimum Gasteiger partial charge on any atom is -0.395 e. The first kappa shape index (κ1) is 18.0. The Bertz CT molecular complexity index is 372. The second-order valence-electron chi connectivity index (χ2n) is 5.22. The van der Waals surface area contributed by atoms with E-state index in [4.69, 9.17) is 5.11 Å². The van der Waals surface area contributed by atoms with Crippen LogP contribution >= 0.6 is 0 Å². The average Bonchev–Trinajstić information content (AvgIpc) is 2.49. The summed E-state index contributed by atoms with van der Waals surface area (Å²) in [6, 6.07) is 3.32. The number of hydrogen-bond donors (Lipinski definition) is 2. The molecule has 2 N–H and O–H groups in total. The third-order valence-corrected chi connectivity index (χ3v) is 3.54. The molecule has 0 radical (unpaired) electrons. The molecule has 0 aliphatic carbocycles. The molecule has 1 unspecified atom stereocenters. The lowest BCUT2D eigenvalue weighted by Crippen LogP contribution is -2.32. The molecule has 21 heavy (non-hydrogen) atoms. The number of aromatic nitrogens is 1. The molecule has 1 rings (SSSR count). The normalized spacial score (nSPS) is 12.8. The lowest BCUT2D eigenvalue weighted by molar-refractivity contribution is 0.187. The third kappa shape index (κ3) is 6.98. The lowest BCUT2D eigenvalue weighted by Gasteiger charge is -2.24. The van der Waals surface area contributed by atoms with Crippen molar-refractivity contribution in [2.75, 3.05) is 32.8 Å². The highest BCUT2D eigenvalue weighted by Crippen LogP contribution is 2.15. The fraction of sp³-hybridized carbons (Fsp3) is 0.688. The average molecular weight is 297 g/mol. The predicted octanol–water partition coefficient (Wildman–Crippen LogP) is 2.36. The predicted molar refractivity (Wildman–Crippen MR) is 83.7 cm³/mol. The topological polar surface area (TPSA) is 48.4 Å². The molecule has 0 saturated carbocycles. The summed E-state index contributed by atoms with van der Waals surface area (Å²) in [6.45, 7) is 7.86. The number of nitrogens with zero attached hydrogens (tertiary/aromatic N) is 2. The van der Waals surface area contributed by atoms with Gasteiger partial charge in [0.25, 0.3) is 0 Å². The minimum absolute atomic E-state index is 0.124. The highest BCUT2D eigenvalue weighted by Gasteiger charge is 2.14. The standard InChI is InChI=1S/C16H28FN3O/c1-3-5-9-20(11-12-21)10-8-16(18-4-2)15-7-6-14(17)13-19-15/h6-7,13,16,18,21H,3-5,8-12H2,1-2H3. The Kier molecular flexibility index (Phi) is 9.14. The van der Waals surface area contributed by atoms with Crippen molar-refractivity contribution in [2.24, 2.45) is 0 Å². The lowest BCUT2D eigenvalue weighted by atomic mass is 10.1. The first-order valence-electron chi connectivity index (χ1n) is 7.89. The van der Waals surface area contributed by atoms with E-state index in [0.717, 1.165) is 44.6 Å². The van der Waals surface area contributed by atoms with Crippen molar-refractivity contribution < 1.29 is 9.50 Å². The molecule has 0 aliphatic rings. The van der Waals surface area contributed by atoms with Crippen LogP contribution < -0.4 is 5.32 Å². The van der Waals surface area contributed by atoms with Gasteiger partial charge in [-0.3, -0.25) is 4.98 Å². The maximum Gasteiger partial charge on any atom is 0.141 e. The Labute approximate surface area is 127 Å². The van der Waals surface area contributed by atoms with E-state index in [0.29, 0.717) is 6.54 Å². The van der Waals surface area contributed by atoms with Gasteiger partial charge in [0.2, 0.25) is 0 Å². The van der Waals surface area contributed by atoms with Crippen molar-refractivity contribution in [3.05, 3.63) is 29.8 Å². The second kappa shape index (κ2) is 10.7. The summed E-state index contributed by atoms with van der Waals surface area (Å²) >= 11 is 0. The van der Waals surface area contributed by atoms with E-state index in [-0.39, 0.29) is 18.5 Å². The highest BCUT2D eigenvalue weighted by atomic mass is 19.1. The zero-order chi connectivity index (χ0) is 15.5. The van der Waals surface area contributed by atoms with Crippen LogP contribution in [0.5, 0.6) is 0 Å². The Morgan fingerprint density at radius 1 is 1.29 bits per heavy atom. The summed E-state index contributed by atoms with van der Waals surface area (Å²) in [5.41, 5.74) is 0.873. The van der Waals surface area contributed by atoms with Gasteiger partial charge in [-0.25, -0.2) is 4.39 Å². The van der Waals surface area contributed by atoms with Gasteiger partial charge in [0.1, 0.15) is 5.82 Å². The molecule has 120 valence electrons. The van der Waals surface area contributed by atoms with Crippen LogP contribution in [0.25, 0.3) is 0 Å². The fourth-order valence-electron chi connectivity index (χ4n) is 2.36. The highest BCUT2D eigenvalue weighted by molar-refractivity contribution is 5.10. The van der Waals surface area contributed by atoms with E-state index >= 15 is 0 Å². The number of aliphatic hydroxyl groups excluding tert-OH is 1. The fourth-order valence-corrected chi connectivity index (χ4v) is 2.36. The zero-order valence-electron chi connectivity index (χ0n) is 13.2. The van der Waals surface area contributed by atoms with Crippen molar-refractivity contribution in [1.82, 2.24) is 15.2 Å². The van der Waals surface area contributed by atoms with Gasteiger partial charge >= 0.3 is 0 Å². The van der Waals surface area contributed by atoms with E-state index in [1.165, 1.54) is 12.3 Å². The van der Waals surface area contributed by atoms with Gasteiger partial charge in [-0.1, -0.05) is 20.3 Å². The summed E-state index contributed by atoms with van der Waals surface area (Å²) in [7, 11) is 0. The minimum atomic E-state index is -0.307. The number of nitrogens with one attached hydrogen (secondary N) is 1. The number of rotatable bonds is 11. The first-order valence-corrected chi connectivity index (χ1v) is 7.89. The van der Waals surface area contributed by atoms with Crippen molar-refractivity contribution >= 4 is 0 Å². The molecule has 0 aliphatic heterocycles. The Hall–Kier alpha value is -1.04. The number of unbranched alkanes of at least 4 members (excludes halogenated alkanes) is 1. The van der Waals surface area contributed by atoms with Gasteiger partial charge in [0.15, 0.2) is 0 Å². The molecule has 1 heterocycles.